The summed E-state index contributed by atoms with van der Waals surface area (Å²) in [4.78, 5) is 52.9. The zero-order valence-corrected chi connectivity index (χ0v) is 23.4. The number of rotatable bonds is 19. The summed E-state index contributed by atoms with van der Waals surface area (Å²) in [5, 5.41) is 19.6. The van der Waals surface area contributed by atoms with Crippen molar-refractivity contribution in [3.8, 4) is 0 Å². The van der Waals surface area contributed by atoms with Gasteiger partial charge in [0, 0.05) is 31.2 Å². The van der Waals surface area contributed by atoms with Gasteiger partial charge in [0.15, 0.2) is 5.78 Å². The Bertz CT molecular complexity index is 1040. The van der Waals surface area contributed by atoms with Crippen molar-refractivity contribution < 1.29 is 29.4 Å². The van der Waals surface area contributed by atoms with Crippen molar-refractivity contribution in [2.45, 2.75) is 77.2 Å². The van der Waals surface area contributed by atoms with Gasteiger partial charge < -0.3 is 9.94 Å². The van der Waals surface area contributed by atoms with Gasteiger partial charge in [0.1, 0.15) is 0 Å². The minimum atomic E-state index is -0.834. The lowest BCUT2D eigenvalue weighted by atomic mass is 9.90. The van der Waals surface area contributed by atoms with E-state index in [1.165, 1.54) is 10.5 Å². The molecule has 0 heterocycles. The van der Waals surface area contributed by atoms with Gasteiger partial charge in [0.25, 0.3) is 5.09 Å². The molecule has 1 aliphatic carbocycles. The maximum atomic E-state index is 12.5. The Kier molecular flexibility index (Phi) is 15.2. The van der Waals surface area contributed by atoms with Crippen molar-refractivity contribution in [3.63, 3.8) is 0 Å². The second kappa shape index (κ2) is 18.7. The topological polar surface area (TPSA) is 127 Å². The molecule has 1 aromatic carbocycles. The molecule has 0 fully saturated rings. The van der Waals surface area contributed by atoms with E-state index in [1.54, 1.807) is 19.1 Å². The smallest absolute Gasteiger partial charge is 0.294 e. The lowest BCUT2D eigenvalue weighted by Crippen LogP contribution is -2.36. The highest BCUT2D eigenvalue weighted by Gasteiger charge is 2.27. The standard InChI is InChI=1S/C31H42N2O7/c1-2-32(31(37)17-11-6-12-24-40-33(38)39)30(36)16-10-4-3-9-15-28-26(20-23-29(28)35)19-22-27(34)21-18-25-13-7-5-8-14-25/h3,5,7-9,13-14,19-20,22-23,26-28,34H,2,4,6,10-12,15-18,21,24H2,1H3/b9-3-,22-19+/t26-,27-,28+/m0/s1. The van der Waals surface area contributed by atoms with Crippen molar-refractivity contribution in [1.82, 2.24) is 4.90 Å². The molecule has 218 valence electrons. The maximum Gasteiger partial charge on any atom is 0.294 e. The third-order valence-corrected chi connectivity index (χ3v) is 6.91. The van der Waals surface area contributed by atoms with Crippen LogP contribution in [0.2, 0.25) is 0 Å². The number of aliphatic hydroxyl groups is 1. The third-order valence-electron chi connectivity index (χ3n) is 6.91. The van der Waals surface area contributed by atoms with Crippen LogP contribution in [0.3, 0.4) is 0 Å². The Morgan fingerprint density at radius 3 is 2.52 bits per heavy atom. The molecule has 0 unspecified atom stereocenters. The molecule has 0 saturated heterocycles. The van der Waals surface area contributed by atoms with Crippen LogP contribution in [0.25, 0.3) is 0 Å². The van der Waals surface area contributed by atoms with E-state index in [9.17, 15) is 29.6 Å². The number of ketones is 1. The molecule has 0 bridgehead atoms. The number of imide groups is 1. The lowest BCUT2D eigenvalue weighted by molar-refractivity contribution is -0.757. The highest BCUT2D eigenvalue weighted by Crippen LogP contribution is 2.27. The zero-order valence-electron chi connectivity index (χ0n) is 23.4. The van der Waals surface area contributed by atoms with Crippen molar-refractivity contribution in [3.05, 3.63) is 82.5 Å². The number of allylic oxidation sites excluding steroid dienone is 5. The van der Waals surface area contributed by atoms with Gasteiger partial charge in [-0.2, -0.15) is 0 Å². The van der Waals surface area contributed by atoms with Crippen LogP contribution in [0.15, 0.2) is 66.8 Å². The summed E-state index contributed by atoms with van der Waals surface area (Å²) in [5.41, 5.74) is 1.18. The monoisotopic (exact) mass is 554 g/mol. The first-order chi connectivity index (χ1) is 19.3. The fraction of sp³-hybridized carbons (Fsp3) is 0.516. The Hall–Kier alpha value is -3.59. The van der Waals surface area contributed by atoms with Gasteiger partial charge >= 0.3 is 0 Å². The van der Waals surface area contributed by atoms with Crippen LogP contribution in [0.4, 0.5) is 0 Å². The summed E-state index contributed by atoms with van der Waals surface area (Å²) < 4.78 is 0. The molecule has 9 nitrogen and oxygen atoms in total. The first kappa shape index (κ1) is 32.6. The largest absolute Gasteiger partial charge is 0.389 e. The Balaban J connectivity index is 1.66. The molecular weight excluding hydrogens is 512 g/mol. The molecule has 1 aromatic rings. The normalized spacial score (nSPS) is 17.5. The number of nitrogens with zero attached hydrogens (tertiary/aromatic N) is 2. The van der Waals surface area contributed by atoms with E-state index in [-0.39, 0.29) is 48.9 Å². The number of hydrogen-bond donors (Lipinski definition) is 1. The second-order valence-corrected chi connectivity index (χ2v) is 9.92. The summed E-state index contributed by atoms with van der Waals surface area (Å²) in [7, 11) is 0. The van der Waals surface area contributed by atoms with Gasteiger partial charge in [-0.1, -0.05) is 67.1 Å². The first-order valence-corrected chi connectivity index (χ1v) is 14.2. The average molecular weight is 555 g/mol. The summed E-state index contributed by atoms with van der Waals surface area (Å²) in [6.07, 6.45) is 16.0. The van der Waals surface area contributed by atoms with Gasteiger partial charge in [-0.05, 0) is 63.5 Å². The molecule has 9 heteroatoms. The number of aryl methyl sites for hydroxylation is 1. The minimum Gasteiger partial charge on any atom is -0.389 e. The van der Waals surface area contributed by atoms with Crippen LogP contribution in [0.5, 0.6) is 0 Å². The number of aliphatic hydroxyl groups excluding tert-OH is 1. The summed E-state index contributed by atoms with van der Waals surface area (Å²) in [6.45, 7) is 2.08. The molecule has 1 N–H and O–H groups in total. The third kappa shape index (κ3) is 12.5. The second-order valence-electron chi connectivity index (χ2n) is 9.92. The number of carbonyl (C=O) groups excluding carboxylic acids is 3. The molecule has 0 aromatic heterocycles. The SMILES string of the molecule is CCN(C(=O)CCC/C=C\C[C@H]1C(=O)C=C[C@@H]1/C=C/[C@@H](O)CCc1ccccc1)C(=O)CCCCCO[N+](=O)[O-]. The van der Waals surface area contributed by atoms with Gasteiger partial charge in [-0.15, -0.1) is 10.1 Å². The number of amides is 2. The van der Waals surface area contributed by atoms with Crippen LogP contribution in [-0.4, -0.2) is 51.9 Å². The zero-order chi connectivity index (χ0) is 29.2. The maximum absolute atomic E-state index is 12.5. The van der Waals surface area contributed by atoms with E-state index in [1.807, 2.05) is 54.6 Å². The predicted octanol–water partition coefficient (Wildman–Crippen LogP) is 5.17. The molecule has 40 heavy (non-hydrogen) atoms. The van der Waals surface area contributed by atoms with Crippen molar-refractivity contribution in [2.75, 3.05) is 13.2 Å². The van der Waals surface area contributed by atoms with E-state index in [0.717, 1.165) is 6.42 Å². The summed E-state index contributed by atoms with van der Waals surface area (Å²) in [6, 6.07) is 10.0. The number of unbranched alkanes of at least 4 members (excludes halogenated alkanes) is 3. The van der Waals surface area contributed by atoms with E-state index >= 15 is 0 Å². The molecule has 1 aliphatic rings. The molecule has 0 spiro atoms. The number of benzene rings is 1. The van der Waals surface area contributed by atoms with E-state index < -0.39 is 11.2 Å². The molecule has 0 saturated carbocycles. The van der Waals surface area contributed by atoms with Crippen LogP contribution in [0, 0.1) is 22.0 Å². The number of carbonyl (C=O) groups is 3. The van der Waals surface area contributed by atoms with Crippen LogP contribution in [-0.2, 0) is 25.6 Å². The molecule has 0 radical (unpaired) electrons. The average Bonchev–Trinajstić information content (AvgIpc) is 3.29. The fourth-order valence-corrected chi connectivity index (χ4v) is 4.62. The predicted molar refractivity (Wildman–Crippen MR) is 152 cm³/mol. The van der Waals surface area contributed by atoms with Crippen LogP contribution in [0.1, 0.15) is 70.3 Å². The van der Waals surface area contributed by atoms with Crippen molar-refractivity contribution in [1.29, 1.82) is 0 Å². The van der Waals surface area contributed by atoms with E-state index in [0.29, 0.717) is 51.5 Å². The highest BCUT2D eigenvalue weighted by molar-refractivity contribution is 5.95. The first-order valence-electron chi connectivity index (χ1n) is 14.2. The Labute approximate surface area is 236 Å². The molecule has 2 rings (SSSR count). The van der Waals surface area contributed by atoms with Crippen molar-refractivity contribution >= 4 is 17.6 Å². The van der Waals surface area contributed by atoms with Gasteiger partial charge in [0.2, 0.25) is 11.8 Å². The Morgan fingerprint density at radius 1 is 1.10 bits per heavy atom. The van der Waals surface area contributed by atoms with E-state index in [4.69, 9.17) is 0 Å². The van der Waals surface area contributed by atoms with Crippen LogP contribution >= 0.6 is 0 Å². The molecular formula is C31H42N2O7. The molecule has 3 atom stereocenters. The van der Waals surface area contributed by atoms with Gasteiger partial charge in [-0.3, -0.25) is 19.3 Å². The highest BCUT2D eigenvalue weighted by atomic mass is 16.9. The fourth-order valence-electron chi connectivity index (χ4n) is 4.62. The summed E-state index contributed by atoms with van der Waals surface area (Å²) in [5.74, 6) is -0.584. The quantitative estimate of drug-likeness (QED) is 0.108. The minimum absolute atomic E-state index is 0.00617. The Morgan fingerprint density at radius 2 is 1.82 bits per heavy atom. The number of hydrogen-bond acceptors (Lipinski definition) is 7. The molecule has 0 aliphatic heterocycles. The lowest BCUT2D eigenvalue weighted by Gasteiger charge is -2.19. The molecule has 2 amide bonds. The van der Waals surface area contributed by atoms with Gasteiger partial charge in [-0.25, -0.2) is 0 Å². The summed E-state index contributed by atoms with van der Waals surface area (Å²) >= 11 is 0. The van der Waals surface area contributed by atoms with Gasteiger partial charge in [0.05, 0.1) is 12.7 Å². The van der Waals surface area contributed by atoms with Crippen LogP contribution < -0.4 is 0 Å². The van der Waals surface area contributed by atoms with Crippen molar-refractivity contribution in [2.24, 2.45) is 11.8 Å². The van der Waals surface area contributed by atoms with E-state index in [2.05, 4.69) is 4.84 Å².